The van der Waals surface area contributed by atoms with Crippen molar-refractivity contribution in [3.8, 4) is 0 Å². The predicted octanol–water partition coefficient (Wildman–Crippen LogP) is 3.61. The van der Waals surface area contributed by atoms with Crippen molar-refractivity contribution in [3.63, 3.8) is 0 Å². The molecule has 0 heterocycles. The van der Waals surface area contributed by atoms with Crippen LogP contribution in [0.2, 0.25) is 0 Å². The van der Waals surface area contributed by atoms with Crippen molar-refractivity contribution in [2.75, 3.05) is 6.54 Å². The molecule has 4 heteroatoms. The van der Waals surface area contributed by atoms with Crippen LogP contribution in [0.3, 0.4) is 0 Å². The molecule has 0 bridgehead atoms. The van der Waals surface area contributed by atoms with E-state index >= 15 is 0 Å². The summed E-state index contributed by atoms with van der Waals surface area (Å²) in [6, 6.07) is 18.6. The average Bonchev–Trinajstić information content (AvgIpc) is 2.61. The molecule has 1 aliphatic carbocycles. The molecule has 4 nitrogen and oxygen atoms in total. The van der Waals surface area contributed by atoms with Gasteiger partial charge in [-0.1, -0.05) is 61.0 Å². The second kappa shape index (κ2) is 9.23. The molecule has 3 rings (SSSR count). The van der Waals surface area contributed by atoms with E-state index in [4.69, 9.17) is 10.5 Å². The maximum Gasteiger partial charge on any atom is 0.188 e. The van der Waals surface area contributed by atoms with E-state index in [0.717, 1.165) is 18.0 Å². The quantitative estimate of drug-likeness (QED) is 0.571. The van der Waals surface area contributed by atoms with Crippen LogP contribution in [0, 0.1) is 5.92 Å². The molecule has 0 atom stereocenters. The summed E-state index contributed by atoms with van der Waals surface area (Å²) in [7, 11) is 0. The Kier molecular flexibility index (Phi) is 6.46. The minimum absolute atomic E-state index is 0.544. The summed E-state index contributed by atoms with van der Waals surface area (Å²) in [6.07, 6.45) is 3.98. The number of hydrogen-bond acceptors (Lipinski definition) is 2. The van der Waals surface area contributed by atoms with E-state index in [9.17, 15) is 0 Å². The number of ether oxygens (including phenoxy) is 1. The molecule has 25 heavy (non-hydrogen) atoms. The molecule has 0 amide bonds. The Hall–Kier alpha value is -2.33. The number of nitrogens with one attached hydrogen (secondary N) is 1. The van der Waals surface area contributed by atoms with Gasteiger partial charge in [-0.3, -0.25) is 0 Å². The third-order valence-corrected chi connectivity index (χ3v) is 4.63. The average molecular weight is 337 g/mol. The van der Waals surface area contributed by atoms with Gasteiger partial charge in [-0.05, 0) is 35.4 Å². The summed E-state index contributed by atoms with van der Waals surface area (Å²) in [5.41, 5.74) is 9.43. The van der Waals surface area contributed by atoms with Gasteiger partial charge in [-0.15, -0.1) is 0 Å². The summed E-state index contributed by atoms with van der Waals surface area (Å²) in [6.45, 7) is 2.81. The highest BCUT2D eigenvalue weighted by Crippen LogP contribution is 2.24. The molecule has 0 unspecified atom stereocenters. The zero-order chi connectivity index (χ0) is 17.3. The van der Waals surface area contributed by atoms with Crippen LogP contribution in [0.5, 0.6) is 0 Å². The van der Waals surface area contributed by atoms with Crippen molar-refractivity contribution in [3.05, 3.63) is 71.3 Å². The van der Waals surface area contributed by atoms with Crippen molar-refractivity contribution in [2.45, 2.75) is 39.0 Å². The van der Waals surface area contributed by atoms with Gasteiger partial charge < -0.3 is 15.8 Å². The fourth-order valence-corrected chi connectivity index (χ4v) is 2.78. The van der Waals surface area contributed by atoms with Crippen LogP contribution in [-0.2, 0) is 24.5 Å². The number of guanidine groups is 1. The van der Waals surface area contributed by atoms with Crippen LogP contribution in [0.25, 0.3) is 0 Å². The van der Waals surface area contributed by atoms with Crippen LogP contribution >= 0.6 is 0 Å². The maximum absolute atomic E-state index is 5.92. The number of nitrogens with two attached hydrogens (primary N) is 1. The molecule has 0 radical (unpaired) electrons. The first-order chi connectivity index (χ1) is 12.3. The highest BCUT2D eigenvalue weighted by atomic mass is 16.5. The first kappa shape index (κ1) is 17.5. The molecule has 132 valence electrons. The van der Waals surface area contributed by atoms with Crippen LogP contribution in [0.15, 0.2) is 59.6 Å². The largest absolute Gasteiger partial charge is 0.372 e. The Labute approximate surface area is 150 Å². The summed E-state index contributed by atoms with van der Waals surface area (Å²) >= 11 is 0. The molecule has 0 aromatic heterocycles. The monoisotopic (exact) mass is 337 g/mol. The first-order valence-electron chi connectivity index (χ1n) is 9.03. The highest BCUT2D eigenvalue weighted by molar-refractivity contribution is 5.77. The Morgan fingerprint density at radius 2 is 1.60 bits per heavy atom. The topological polar surface area (TPSA) is 59.6 Å². The van der Waals surface area contributed by atoms with Gasteiger partial charge in [0, 0.05) is 6.54 Å². The van der Waals surface area contributed by atoms with E-state index in [0.29, 0.717) is 25.7 Å². The van der Waals surface area contributed by atoms with E-state index < -0.39 is 0 Å². The smallest absolute Gasteiger partial charge is 0.188 e. The van der Waals surface area contributed by atoms with Gasteiger partial charge in [0.15, 0.2) is 5.96 Å². The van der Waals surface area contributed by atoms with E-state index in [-0.39, 0.29) is 0 Å². The number of rotatable bonds is 8. The zero-order valence-electron chi connectivity index (χ0n) is 14.7. The molecule has 0 aliphatic heterocycles. The Morgan fingerprint density at radius 1 is 0.960 bits per heavy atom. The standard InChI is InChI=1S/C21H27N3O/c22-21(23-13-17-7-4-8-17)24-14-18-9-11-20(12-10-18)16-25-15-19-5-2-1-3-6-19/h1-3,5-6,9-12,17H,4,7-8,13-16H2,(H3,22,23,24). The molecule has 1 aliphatic rings. The molecule has 2 aromatic carbocycles. The lowest BCUT2D eigenvalue weighted by Crippen LogP contribution is -2.37. The normalized spacial score (nSPS) is 15.0. The lowest BCUT2D eigenvalue weighted by Gasteiger charge is -2.25. The van der Waals surface area contributed by atoms with E-state index in [2.05, 4.69) is 46.7 Å². The fraction of sp³-hybridized carbons (Fsp3) is 0.381. The number of benzene rings is 2. The van der Waals surface area contributed by atoms with Crippen LogP contribution in [0.1, 0.15) is 36.0 Å². The third-order valence-electron chi connectivity index (χ3n) is 4.63. The minimum atomic E-state index is 0.544. The van der Waals surface area contributed by atoms with Gasteiger partial charge >= 0.3 is 0 Å². The molecule has 1 saturated carbocycles. The van der Waals surface area contributed by atoms with E-state index in [1.165, 1.54) is 30.4 Å². The van der Waals surface area contributed by atoms with Crippen molar-refractivity contribution in [1.29, 1.82) is 0 Å². The first-order valence-corrected chi connectivity index (χ1v) is 9.03. The molecular formula is C21H27N3O. The van der Waals surface area contributed by atoms with Crippen molar-refractivity contribution >= 4 is 5.96 Å². The summed E-state index contributed by atoms with van der Waals surface area (Å²) in [5, 5.41) is 3.22. The maximum atomic E-state index is 5.92. The molecule has 3 N–H and O–H groups in total. The van der Waals surface area contributed by atoms with Crippen LogP contribution < -0.4 is 11.1 Å². The minimum Gasteiger partial charge on any atom is -0.372 e. The van der Waals surface area contributed by atoms with Crippen LogP contribution in [0.4, 0.5) is 0 Å². The Bertz CT molecular complexity index is 663. The van der Waals surface area contributed by atoms with Gasteiger partial charge in [0.25, 0.3) is 0 Å². The van der Waals surface area contributed by atoms with E-state index in [1.54, 1.807) is 0 Å². The van der Waals surface area contributed by atoms with Crippen molar-refractivity contribution in [1.82, 2.24) is 5.32 Å². The lowest BCUT2D eigenvalue weighted by molar-refractivity contribution is 0.107. The second-order valence-electron chi connectivity index (χ2n) is 6.67. The SMILES string of the molecule is NC(=NCc1ccc(COCc2ccccc2)cc1)NCC1CCC1. The van der Waals surface area contributed by atoms with Crippen LogP contribution in [-0.4, -0.2) is 12.5 Å². The Balaban J connectivity index is 1.39. The van der Waals surface area contributed by atoms with Gasteiger partial charge in [-0.25, -0.2) is 4.99 Å². The second-order valence-corrected chi connectivity index (χ2v) is 6.67. The molecule has 0 saturated heterocycles. The fourth-order valence-electron chi connectivity index (χ4n) is 2.78. The predicted molar refractivity (Wildman–Crippen MR) is 102 cm³/mol. The van der Waals surface area contributed by atoms with Gasteiger partial charge in [0.05, 0.1) is 19.8 Å². The highest BCUT2D eigenvalue weighted by Gasteiger charge is 2.16. The van der Waals surface area contributed by atoms with Gasteiger partial charge in [-0.2, -0.15) is 0 Å². The summed E-state index contributed by atoms with van der Waals surface area (Å²) in [4.78, 5) is 4.41. The molecular weight excluding hydrogens is 310 g/mol. The molecule has 1 fully saturated rings. The summed E-state index contributed by atoms with van der Waals surface area (Å²) < 4.78 is 5.76. The van der Waals surface area contributed by atoms with Gasteiger partial charge in [0.2, 0.25) is 0 Å². The van der Waals surface area contributed by atoms with E-state index in [1.807, 2.05) is 18.2 Å². The number of nitrogens with zero attached hydrogens (tertiary/aromatic N) is 1. The summed E-state index contributed by atoms with van der Waals surface area (Å²) in [5.74, 6) is 1.33. The van der Waals surface area contributed by atoms with Gasteiger partial charge in [0.1, 0.15) is 0 Å². The zero-order valence-corrected chi connectivity index (χ0v) is 14.7. The lowest BCUT2D eigenvalue weighted by atomic mass is 9.85. The third kappa shape index (κ3) is 5.91. The van der Waals surface area contributed by atoms with Crippen molar-refractivity contribution < 1.29 is 4.74 Å². The number of hydrogen-bond donors (Lipinski definition) is 2. The molecule has 0 spiro atoms. The molecule has 2 aromatic rings. The number of aliphatic imine (C=N–C) groups is 1. The Morgan fingerprint density at radius 3 is 2.24 bits per heavy atom. The van der Waals surface area contributed by atoms with Crippen molar-refractivity contribution in [2.24, 2.45) is 16.6 Å².